The number of hydrogen-bond acceptors (Lipinski definition) is 4. The number of benzene rings is 1. The molecule has 1 atom stereocenters. The molecular formula is C17H27ClN2O3. The molecule has 1 amide bonds. The van der Waals surface area contributed by atoms with Gasteiger partial charge in [-0.05, 0) is 51.4 Å². The van der Waals surface area contributed by atoms with Crippen LogP contribution in [0.1, 0.15) is 28.8 Å². The molecule has 23 heavy (non-hydrogen) atoms. The predicted octanol–water partition coefficient (Wildman–Crippen LogP) is 2.51. The molecule has 1 heterocycles. The SMILES string of the molecule is CNCC1CCCN(C(=O)c2cc(OC)c(C)c(OC)c2)C1.Cl. The van der Waals surface area contributed by atoms with Crippen molar-refractivity contribution in [3.05, 3.63) is 23.3 Å². The zero-order valence-electron chi connectivity index (χ0n) is 14.3. The summed E-state index contributed by atoms with van der Waals surface area (Å²) in [4.78, 5) is 14.7. The second-order valence-corrected chi connectivity index (χ2v) is 5.82. The van der Waals surface area contributed by atoms with E-state index in [1.807, 2.05) is 31.0 Å². The minimum absolute atomic E-state index is 0. The Bertz CT molecular complexity index is 510. The average molecular weight is 343 g/mol. The molecule has 5 nitrogen and oxygen atoms in total. The highest BCUT2D eigenvalue weighted by atomic mass is 35.5. The number of hydrogen-bond donors (Lipinski definition) is 1. The van der Waals surface area contributed by atoms with E-state index in [1.165, 1.54) is 6.42 Å². The molecule has 1 fully saturated rings. The number of carbonyl (C=O) groups excluding carboxylic acids is 1. The maximum Gasteiger partial charge on any atom is 0.254 e. The first-order chi connectivity index (χ1) is 10.6. The highest BCUT2D eigenvalue weighted by molar-refractivity contribution is 5.95. The van der Waals surface area contributed by atoms with E-state index in [1.54, 1.807) is 14.2 Å². The summed E-state index contributed by atoms with van der Waals surface area (Å²) in [7, 11) is 5.18. The topological polar surface area (TPSA) is 50.8 Å². The molecule has 1 aliphatic heterocycles. The van der Waals surface area contributed by atoms with Crippen molar-refractivity contribution in [1.29, 1.82) is 0 Å². The number of likely N-dealkylation sites (tertiary alicyclic amines) is 1. The average Bonchev–Trinajstić information content (AvgIpc) is 2.55. The van der Waals surface area contributed by atoms with Crippen molar-refractivity contribution in [1.82, 2.24) is 10.2 Å². The van der Waals surface area contributed by atoms with Crippen LogP contribution in [0.25, 0.3) is 0 Å². The van der Waals surface area contributed by atoms with Crippen LogP contribution in [0.3, 0.4) is 0 Å². The van der Waals surface area contributed by atoms with Gasteiger partial charge in [-0.3, -0.25) is 4.79 Å². The highest BCUT2D eigenvalue weighted by Gasteiger charge is 2.25. The Morgan fingerprint density at radius 3 is 2.43 bits per heavy atom. The monoisotopic (exact) mass is 342 g/mol. The van der Waals surface area contributed by atoms with Crippen LogP contribution in [0, 0.1) is 12.8 Å². The second-order valence-electron chi connectivity index (χ2n) is 5.82. The minimum Gasteiger partial charge on any atom is -0.496 e. The third-order valence-corrected chi connectivity index (χ3v) is 4.30. The highest BCUT2D eigenvalue weighted by Crippen LogP contribution is 2.30. The van der Waals surface area contributed by atoms with Gasteiger partial charge in [0.2, 0.25) is 0 Å². The molecule has 130 valence electrons. The lowest BCUT2D eigenvalue weighted by Crippen LogP contribution is -2.42. The molecule has 1 saturated heterocycles. The fourth-order valence-electron chi connectivity index (χ4n) is 3.10. The number of nitrogens with zero attached hydrogens (tertiary/aromatic N) is 1. The minimum atomic E-state index is 0. The number of ether oxygens (including phenoxy) is 2. The zero-order chi connectivity index (χ0) is 16.1. The molecule has 2 rings (SSSR count). The van der Waals surface area contributed by atoms with Crippen molar-refractivity contribution in [2.45, 2.75) is 19.8 Å². The van der Waals surface area contributed by atoms with E-state index in [0.29, 0.717) is 23.0 Å². The molecule has 6 heteroatoms. The fourth-order valence-corrected chi connectivity index (χ4v) is 3.10. The molecule has 0 aromatic heterocycles. The van der Waals surface area contributed by atoms with E-state index in [-0.39, 0.29) is 18.3 Å². The Morgan fingerprint density at radius 1 is 1.30 bits per heavy atom. The molecule has 0 bridgehead atoms. The van der Waals surface area contributed by atoms with Gasteiger partial charge in [0.1, 0.15) is 11.5 Å². The summed E-state index contributed by atoms with van der Waals surface area (Å²) in [6.45, 7) is 4.50. The van der Waals surface area contributed by atoms with Gasteiger partial charge in [-0.2, -0.15) is 0 Å². The molecule has 1 aromatic carbocycles. The van der Waals surface area contributed by atoms with Crippen molar-refractivity contribution in [2.24, 2.45) is 5.92 Å². The summed E-state index contributed by atoms with van der Waals surface area (Å²) in [5, 5.41) is 3.20. The van der Waals surface area contributed by atoms with Gasteiger partial charge in [-0.1, -0.05) is 0 Å². The standard InChI is InChI=1S/C17H26N2O3.ClH/c1-12-15(21-3)8-14(9-16(12)22-4)17(20)19-7-5-6-13(11-19)10-18-2;/h8-9,13,18H,5-7,10-11H2,1-4H3;1H. The van der Waals surface area contributed by atoms with Gasteiger partial charge in [-0.25, -0.2) is 0 Å². The number of amides is 1. The number of nitrogens with one attached hydrogen (secondary N) is 1. The van der Waals surface area contributed by atoms with Crippen LogP contribution in [-0.2, 0) is 0 Å². The van der Waals surface area contributed by atoms with Crippen LogP contribution in [0.4, 0.5) is 0 Å². The Morgan fingerprint density at radius 2 is 1.91 bits per heavy atom. The van der Waals surface area contributed by atoms with Gasteiger partial charge in [0.15, 0.2) is 0 Å². The molecule has 0 spiro atoms. The van der Waals surface area contributed by atoms with Crippen molar-refractivity contribution < 1.29 is 14.3 Å². The van der Waals surface area contributed by atoms with E-state index in [0.717, 1.165) is 31.6 Å². The Hall–Kier alpha value is -1.46. The first kappa shape index (κ1) is 19.6. The first-order valence-corrected chi connectivity index (χ1v) is 7.77. The van der Waals surface area contributed by atoms with Crippen molar-refractivity contribution in [3.63, 3.8) is 0 Å². The van der Waals surface area contributed by atoms with Gasteiger partial charge < -0.3 is 19.7 Å². The van der Waals surface area contributed by atoms with Crippen molar-refractivity contribution in [3.8, 4) is 11.5 Å². The maximum atomic E-state index is 12.8. The van der Waals surface area contributed by atoms with Gasteiger partial charge in [0.05, 0.1) is 14.2 Å². The van der Waals surface area contributed by atoms with Crippen molar-refractivity contribution >= 4 is 18.3 Å². The summed E-state index contributed by atoms with van der Waals surface area (Å²) >= 11 is 0. The number of piperidine rings is 1. The van der Waals surface area contributed by atoms with E-state index >= 15 is 0 Å². The van der Waals surface area contributed by atoms with Crippen LogP contribution < -0.4 is 14.8 Å². The Labute approximate surface area is 144 Å². The Kier molecular flexibility index (Phi) is 7.65. The molecule has 1 aromatic rings. The lowest BCUT2D eigenvalue weighted by Gasteiger charge is -2.33. The van der Waals surface area contributed by atoms with Crippen LogP contribution in [-0.4, -0.2) is 51.7 Å². The van der Waals surface area contributed by atoms with E-state index in [9.17, 15) is 4.79 Å². The number of halogens is 1. The normalized spacial score (nSPS) is 17.4. The molecule has 1 N–H and O–H groups in total. The second kappa shape index (κ2) is 8.99. The molecule has 0 radical (unpaired) electrons. The number of methoxy groups -OCH3 is 2. The third-order valence-electron chi connectivity index (χ3n) is 4.30. The van der Waals surface area contributed by atoms with Gasteiger partial charge in [-0.15, -0.1) is 12.4 Å². The van der Waals surface area contributed by atoms with Crippen molar-refractivity contribution in [2.75, 3.05) is 40.9 Å². The lowest BCUT2D eigenvalue weighted by atomic mass is 9.97. The molecule has 1 unspecified atom stereocenters. The summed E-state index contributed by atoms with van der Waals surface area (Å²) < 4.78 is 10.7. The summed E-state index contributed by atoms with van der Waals surface area (Å²) in [5.41, 5.74) is 1.54. The van der Waals surface area contributed by atoms with Crippen LogP contribution in [0.5, 0.6) is 11.5 Å². The first-order valence-electron chi connectivity index (χ1n) is 7.77. The summed E-state index contributed by atoms with van der Waals surface area (Å²) in [6, 6.07) is 3.61. The molecule has 1 aliphatic rings. The smallest absolute Gasteiger partial charge is 0.254 e. The van der Waals surface area contributed by atoms with E-state index in [2.05, 4.69) is 5.32 Å². The quantitative estimate of drug-likeness (QED) is 0.893. The largest absolute Gasteiger partial charge is 0.496 e. The lowest BCUT2D eigenvalue weighted by molar-refractivity contribution is 0.0673. The summed E-state index contributed by atoms with van der Waals surface area (Å²) in [6.07, 6.45) is 2.23. The molecule has 0 aliphatic carbocycles. The van der Waals surface area contributed by atoms with Crippen LogP contribution in [0.15, 0.2) is 12.1 Å². The van der Waals surface area contributed by atoms with Crippen LogP contribution in [0.2, 0.25) is 0 Å². The van der Waals surface area contributed by atoms with Crippen LogP contribution >= 0.6 is 12.4 Å². The Balaban J connectivity index is 0.00000264. The number of rotatable bonds is 5. The third kappa shape index (κ3) is 4.52. The maximum absolute atomic E-state index is 12.8. The predicted molar refractivity (Wildman–Crippen MR) is 94.1 cm³/mol. The van der Waals surface area contributed by atoms with Gasteiger partial charge in [0, 0.05) is 24.2 Å². The summed E-state index contributed by atoms with van der Waals surface area (Å²) in [5.74, 6) is 1.95. The van der Waals surface area contributed by atoms with E-state index in [4.69, 9.17) is 9.47 Å². The van der Waals surface area contributed by atoms with E-state index < -0.39 is 0 Å². The van der Waals surface area contributed by atoms with Gasteiger partial charge >= 0.3 is 0 Å². The zero-order valence-corrected chi connectivity index (χ0v) is 15.2. The van der Waals surface area contributed by atoms with Gasteiger partial charge in [0.25, 0.3) is 5.91 Å². The molecular weight excluding hydrogens is 316 g/mol. The number of carbonyl (C=O) groups is 1. The fraction of sp³-hybridized carbons (Fsp3) is 0.588. The molecule has 0 saturated carbocycles.